The zero-order valence-corrected chi connectivity index (χ0v) is 12.6. The predicted octanol–water partition coefficient (Wildman–Crippen LogP) is 2.44. The molecule has 4 nitrogen and oxygen atoms in total. The lowest BCUT2D eigenvalue weighted by atomic mass is 9.81. The average molecular weight is 265 g/mol. The van der Waals surface area contributed by atoms with Gasteiger partial charge in [-0.15, -0.1) is 0 Å². The molecule has 0 saturated carbocycles. The van der Waals surface area contributed by atoms with E-state index in [4.69, 9.17) is 4.74 Å². The van der Waals surface area contributed by atoms with Gasteiger partial charge in [0.1, 0.15) is 0 Å². The molecule has 0 unspecified atom stereocenters. The molecule has 0 amide bonds. The first-order valence-corrected chi connectivity index (χ1v) is 7.35. The highest BCUT2D eigenvalue weighted by Gasteiger charge is 2.36. The van der Waals surface area contributed by atoms with E-state index in [0.29, 0.717) is 12.0 Å². The molecule has 2 atom stereocenters. The molecule has 0 bridgehead atoms. The highest BCUT2D eigenvalue weighted by Crippen LogP contribution is 2.34. The summed E-state index contributed by atoms with van der Waals surface area (Å²) in [5.74, 6) is 0.623. The lowest BCUT2D eigenvalue weighted by molar-refractivity contribution is 0.00718. The smallest absolute Gasteiger partial charge is 0.0664 e. The Labute approximate surface area is 116 Å². The van der Waals surface area contributed by atoms with Crippen molar-refractivity contribution in [3.63, 3.8) is 0 Å². The van der Waals surface area contributed by atoms with Gasteiger partial charge in [0.05, 0.1) is 11.8 Å². The van der Waals surface area contributed by atoms with Crippen LogP contribution in [0.2, 0.25) is 0 Å². The molecule has 0 aliphatic carbocycles. The molecule has 1 N–H and O–H groups in total. The summed E-state index contributed by atoms with van der Waals surface area (Å²) in [6.07, 6.45) is 3.41. The van der Waals surface area contributed by atoms with Gasteiger partial charge in [-0.1, -0.05) is 20.8 Å². The van der Waals surface area contributed by atoms with Crippen molar-refractivity contribution in [3.05, 3.63) is 18.0 Å². The van der Waals surface area contributed by atoms with Crippen LogP contribution >= 0.6 is 0 Å². The lowest BCUT2D eigenvalue weighted by Gasteiger charge is -2.31. The van der Waals surface area contributed by atoms with Crippen LogP contribution in [0.1, 0.15) is 39.8 Å². The minimum Gasteiger partial charge on any atom is -0.377 e. The topological polar surface area (TPSA) is 39.1 Å². The van der Waals surface area contributed by atoms with Gasteiger partial charge in [-0.3, -0.25) is 4.68 Å². The Kier molecular flexibility index (Phi) is 4.63. The first kappa shape index (κ1) is 14.5. The fraction of sp³-hybridized carbons (Fsp3) is 0.800. The Morgan fingerprint density at radius 1 is 1.47 bits per heavy atom. The number of aromatic nitrogens is 2. The Morgan fingerprint density at radius 3 is 2.95 bits per heavy atom. The van der Waals surface area contributed by atoms with E-state index in [1.807, 2.05) is 10.9 Å². The average Bonchev–Trinajstić information content (AvgIpc) is 2.96. The second-order valence-corrected chi connectivity index (χ2v) is 6.48. The third-order valence-corrected chi connectivity index (χ3v) is 3.88. The van der Waals surface area contributed by atoms with Crippen molar-refractivity contribution >= 4 is 0 Å². The minimum atomic E-state index is 0.230. The molecule has 2 heterocycles. The lowest BCUT2D eigenvalue weighted by Crippen LogP contribution is -2.36. The summed E-state index contributed by atoms with van der Waals surface area (Å²) in [4.78, 5) is 0. The van der Waals surface area contributed by atoms with Crippen LogP contribution in [0.15, 0.2) is 12.3 Å². The summed E-state index contributed by atoms with van der Waals surface area (Å²) >= 11 is 0. The number of nitrogens with one attached hydrogen (secondary N) is 1. The molecule has 1 aliphatic heterocycles. The number of aryl methyl sites for hydroxylation is 1. The number of rotatable bonds is 5. The molecule has 1 aromatic rings. The molecular weight excluding hydrogens is 238 g/mol. The first-order valence-electron chi connectivity index (χ1n) is 7.35. The molecule has 108 valence electrons. The Balaban J connectivity index is 1.82. The van der Waals surface area contributed by atoms with Crippen molar-refractivity contribution in [2.45, 2.75) is 53.3 Å². The van der Waals surface area contributed by atoms with Crippen LogP contribution in [0.4, 0.5) is 0 Å². The molecule has 2 rings (SSSR count). The Morgan fingerprint density at radius 2 is 2.26 bits per heavy atom. The van der Waals surface area contributed by atoms with E-state index in [1.165, 1.54) is 12.1 Å². The Hall–Kier alpha value is -0.870. The van der Waals surface area contributed by atoms with Crippen LogP contribution in [0, 0.1) is 11.3 Å². The molecule has 4 heteroatoms. The summed E-state index contributed by atoms with van der Waals surface area (Å²) in [5, 5.41) is 7.86. The monoisotopic (exact) mass is 265 g/mol. The van der Waals surface area contributed by atoms with E-state index in [-0.39, 0.29) is 5.41 Å². The third kappa shape index (κ3) is 3.57. The fourth-order valence-electron chi connectivity index (χ4n) is 2.98. The number of nitrogens with zero attached hydrogens (tertiary/aromatic N) is 2. The van der Waals surface area contributed by atoms with Crippen molar-refractivity contribution < 1.29 is 4.74 Å². The third-order valence-electron chi connectivity index (χ3n) is 3.88. The van der Waals surface area contributed by atoms with Crippen LogP contribution in [0.3, 0.4) is 0 Å². The summed E-state index contributed by atoms with van der Waals surface area (Å²) in [6, 6.07) is 2.09. The van der Waals surface area contributed by atoms with Crippen LogP contribution in [0.25, 0.3) is 0 Å². The largest absolute Gasteiger partial charge is 0.377 e. The maximum absolute atomic E-state index is 5.91. The van der Waals surface area contributed by atoms with Gasteiger partial charge >= 0.3 is 0 Å². The van der Waals surface area contributed by atoms with Crippen molar-refractivity contribution in [1.29, 1.82) is 0 Å². The first-order chi connectivity index (χ1) is 9.02. The minimum absolute atomic E-state index is 0.230. The van der Waals surface area contributed by atoms with Crippen molar-refractivity contribution in [2.75, 3.05) is 13.2 Å². The standard InChI is InChI=1S/C15H27N3O/c1-5-18-13(6-8-17-18)11-16-10-12-7-9-19-14(12)15(2,3)4/h6,8,12,14,16H,5,7,9-11H2,1-4H3/t12-,14+/m1/s1. The molecular formula is C15H27N3O. The highest BCUT2D eigenvalue weighted by atomic mass is 16.5. The number of hydrogen-bond acceptors (Lipinski definition) is 3. The zero-order chi connectivity index (χ0) is 13.9. The van der Waals surface area contributed by atoms with E-state index >= 15 is 0 Å². The zero-order valence-electron chi connectivity index (χ0n) is 12.6. The Bertz CT molecular complexity index is 394. The van der Waals surface area contributed by atoms with E-state index in [0.717, 1.165) is 26.2 Å². The summed E-state index contributed by atoms with van der Waals surface area (Å²) in [6.45, 7) is 12.7. The maximum atomic E-state index is 5.91. The van der Waals surface area contributed by atoms with Crippen molar-refractivity contribution in [2.24, 2.45) is 11.3 Å². The number of hydrogen-bond donors (Lipinski definition) is 1. The number of ether oxygens (including phenoxy) is 1. The molecule has 1 saturated heterocycles. The van der Waals surface area contributed by atoms with Crippen LogP contribution in [0.5, 0.6) is 0 Å². The van der Waals surface area contributed by atoms with Crippen molar-refractivity contribution in [3.8, 4) is 0 Å². The summed E-state index contributed by atoms with van der Waals surface area (Å²) < 4.78 is 7.95. The fourth-order valence-corrected chi connectivity index (χ4v) is 2.98. The van der Waals surface area contributed by atoms with Gasteiger partial charge in [0.25, 0.3) is 0 Å². The highest BCUT2D eigenvalue weighted by molar-refractivity contribution is 5.00. The van der Waals surface area contributed by atoms with Gasteiger partial charge in [0.2, 0.25) is 0 Å². The molecule has 1 fully saturated rings. The predicted molar refractivity (Wildman–Crippen MR) is 76.9 cm³/mol. The van der Waals surface area contributed by atoms with Gasteiger partial charge in [0, 0.05) is 38.4 Å². The SMILES string of the molecule is CCn1nccc1CNC[C@H]1CCO[C@@H]1C(C)(C)C. The van der Waals surface area contributed by atoms with E-state index in [2.05, 4.69) is 44.2 Å². The van der Waals surface area contributed by atoms with Crippen LogP contribution < -0.4 is 5.32 Å². The quantitative estimate of drug-likeness (QED) is 0.889. The van der Waals surface area contributed by atoms with Gasteiger partial charge in [-0.2, -0.15) is 5.10 Å². The molecule has 1 aliphatic rings. The summed E-state index contributed by atoms with van der Waals surface area (Å²) in [7, 11) is 0. The normalized spacial score (nSPS) is 24.0. The van der Waals surface area contributed by atoms with Crippen LogP contribution in [-0.2, 0) is 17.8 Å². The molecule has 1 aromatic heterocycles. The van der Waals surface area contributed by atoms with Gasteiger partial charge in [-0.05, 0) is 24.8 Å². The van der Waals surface area contributed by atoms with Crippen molar-refractivity contribution in [1.82, 2.24) is 15.1 Å². The van der Waals surface area contributed by atoms with E-state index in [1.54, 1.807) is 0 Å². The van der Waals surface area contributed by atoms with Crippen LogP contribution in [-0.4, -0.2) is 29.0 Å². The second-order valence-electron chi connectivity index (χ2n) is 6.48. The van der Waals surface area contributed by atoms with E-state index < -0.39 is 0 Å². The molecule has 19 heavy (non-hydrogen) atoms. The van der Waals surface area contributed by atoms with Gasteiger partial charge < -0.3 is 10.1 Å². The summed E-state index contributed by atoms with van der Waals surface area (Å²) in [5.41, 5.74) is 1.49. The molecule has 0 radical (unpaired) electrons. The van der Waals surface area contributed by atoms with E-state index in [9.17, 15) is 0 Å². The maximum Gasteiger partial charge on any atom is 0.0664 e. The van der Waals surface area contributed by atoms with Gasteiger partial charge in [-0.25, -0.2) is 0 Å². The molecule has 0 aromatic carbocycles. The molecule has 0 spiro atoms. The van der Waals surface area contributed by atoms with Gasteiger partial charge in [0.15, 0.2) is 0 Å². The second kappa shape index (κ2) is 6.06.